The molecule has 0 bridgehead atoms. The Balaban J connectivity index is 3.09. The van der Waals surface area contributed by atoms with E-state index in [-0.39, 0.29) is 5.78 Å². The molecule has 1 rings (SSSR count). The molecule has 0 saturated heterocycles. The molecule has 0 amide bonds. The van der Waals surface area contributed by atoms with Crippen LogP contribution >= 0.6 is 11.6 Å². The van der Waals surface area contributed by atoms with Crippen LogP contribution in [0.3, 0.4) is 0 Å². The molecule has 1 unspecified atom stereocenters. The van der Waals surface area contributed by atoms with Gasteiger partial charge in [0.25, 0.3) is 0 Å². The number of hydrogen-bond donors (Lipinski definition) is 0. The van der Waals surface area contributed by atoms with Gasteiger partial charge in [0, 0.05) is 5.56 Å². The Kier molecular flexibility index (Phi) is 3.70. The van der Waals surface area contributed by atoms with Crippen molar-refractivity contribution in [2.24, 2.45) is 0 Å². The molecule has 2 heteroatoms. The summed E-state index contributed by atoms with van der Waals surface area (Å²) in [5.41, 5.74) is 3.03. The minimum absolute atomic E-state index is 0.00469. The Morgan fingerprint density at radius 2 is 2.07 bits per heavy atom. The molecule has 1 aromatic rings. The van der Waals surface area contributed by atoms with Crippen LogP contribution < -0.4 is 0 Å². The maximum Gasteiger partial charge on any atom is 0.180 e. The maximum absolute atomic E-state index is 11.6. The molecule has 0 fully saturated rings. The largest absolute Gasteiger partial charge is 0.293 e. The number of rotatable bonds is 3. The molecule has 1 nitrogen and oxygen atoms in total. The highest BCUT2D eigenvalue weighted by Gasteiger charge is 2.12. The van der Waals surface area contributed by atoms with Gasteiger partial charge in [-0.2, -0.15) is 0 Å². The average molecular weight is 211 g/mol. The number of alkyl halides is 1. The summed E-state index contributed by atoms with van der Waals surface area (Å²) in [6, 6.07) is 5.91. The molecule has 1 atom stereocenters. The summed E-state index contributed by atoms with van der Waals surface area (Å²) in [5.74, 6) is 0.00469. The molecule has 0 aromatic heterocycles. The van der Waals surface area contributed by atoms with Crippen molar-refractivity contribution in [3.8, 4) is 0 Å². The van der Waals surface area contributed by atoms with E-state index < -0.39 is 5.38 Å². The summed E-state index contributed by atoms with van der Waals surface area (Å²) in [4.78, 5) is 11.6. The van der Waals surface area contributed by atoms with Gasteiger partial charge in [0.2, 0.25) is 0 Å². The van der Waals surface area contributed by atoms with Gasteiger partial charge in [0.15, 0.2) is 5.78 Å². The fourth-order valence-corrected chi connectivity index (χ4v) is 1.56. The fraction of sp³-hybridized carbons (Fsp3) is 0.417. The topological polar surface area (TPSA) is 17.1 Å². The van der Waals surface area contributed by atoms with Crippen LogP contribution in [0.25, 0.3) is 0 Å². The number of carbonyl (C=O) groups is 1. The van der Waals surface area contributed by atoms with E-state index in [4.69, 9.17) is 11.6 Å². The van der Waals surface area contributed by atoms with Crippen molar-refractivity contribution in [1.29, 1.82) is 0 Å². The number of aryl methyl sites for hydroxylation is 2. The first-order chi connectivity index (χ1) is 6.54. The first-order valence-electron chi connectivity index (χ1n) is 4.83. The Labute approximate surface area is 90.1 Å². The zero-order valence-corrected chi connectivity index (χ0v) is 9.56. The summed E-state index contributed by atoms with van der Waals surface area (Å²) in [6.45, 7) is 5.78. The van der Waals surface area contributed by atoms with Crippen LogP contribution in [0.15, 0.2) is 18.2 Å². The third-order valence-corrected chi connectivity index (χ3v) is 2.39. The lowest BCUT2D eigenvalue weighted by Gasteiger charge is -2.06. The SMILES string of the molecule is CCc1cc(C)cc(C(=O)C(C)Cl)c1. The molecular formula is C12H15ClO. The summed E-state index contributed by atoms with van der Waals surface area (Å²) in [5, 5.41) is -0.443. The molecule has 0 spiro atoms. The summed E-state index contributed by atoms with van der Waals surface area (Å²) in [7, 11) is 0. The number of Topliss-reactive ketones (excluding diaryl/α,β-unsaturated/α-hetero) is 1. The number of carbonyl (C=O) groups excluding carboxylic acids is 1. The van der Waals surface area contributed by atoms with Gasteiger partial charge in [-0.25, -0.2) is 0 Å². The van der Waals surface area contributed by atoms with Gasteiger partial charge >= 0.3 is 0 Å². The van der Waals surface area contributed by atoms with Crippen molar-refractivity contribution in [3.05, 3.63) is 34.9 Å². The van der Waals surface area contributed by atoms with E-state index in [1.54, 1.807) is 6.92 Å². The van der Waals surface area contributed by atoms with E-state index in [9.17, 15) is 4.79 Å². The quantitative estimate of drug-likeness (QED) is 0.552. The van der Waals surface area contributed by atoms with Gasteiger partial charge in [-0.1, -0.05) is 18.6 Å². The van der Waals surface area contributed by atoms with Gasteiger partial charge < -0.3 is 0 Å². The predicted octanol–water partition coefficient (Wildman–Crippen LogP) is 3.37. The normalized spacial score (nSPS) is 12.6. The summed E-state index contributed by atoms with van der Waals surface area (Å²) in [6.07, 6.45) is 0.943. The van der Waals surface area contributed by atoms with Gasteiger partial charge in [-0.15, -0.1) is 11.6 Å². The zero-order valence-electron chi connectivity index (χ0n) is 8.80. The van der Waals surface area contributed by atoms with Crippen molar-refractivity contribution in [1.82, 2.24) is 0 Å². The predicted molar refractivity (Wildman–Crippen MR) is 60.2 cm³/mol. The average Bonchev–Trinajstić information content (AvgIpc) is 2.15. The first-order valence-corrected chi connectivity index (χ1v) is 5.27. The van der Waals surface area contributed by atoms with Gasteiger partial charge in [-0.05, 0) is 38.0 Å². The van der Waals surface area contributed by atoms with Crippen molar-refractivity contribution in [2.45, 2.75) is 32.6 Å². The highest BCUT2D eigenvalue weighted by Crippen LogP contribution is 2.14. The molecule has 76 valence electrons. The van der Waals surface area contributed by atoms with E-state index in [0.29, 0.717) is 0 Å². The summed E-state index contributed by atoms with van der Waals surface area (Å²) < 4.78 is 0. The van der Waals surface area contributed by atoms with Crippen molar-refractivity contribution in [2.75, 3.05) is 0 Å². The third kappa shape index (κ3) is 2.58. The smallest absolute Gasteiger partial charge is 0.180 e. The molecule has 0 aliphatic carbocycles. The van der Waals surface area contributed by atoms with Crippen molar-refractivity contribution in [3.63, 3.8) is 0 Å². The number of ketones is 1. The number of halogens is 1. The van der Waals surface area contributed by atoms with E-state index >= 15 is 0 Å². The van der Waals surface area contributed by atoms with E-state index in [1.165, 1.54) is 5.56 Å². The highest BCUT2D eigenvalue weighted by molar-refractivity contribution is 6.33. The lowest BCUT2D eigenvalue weighted by Crippen LogP contribution is -2.11. The van der Waals surface area contributed by atoms with Gasteiger partial charge in [0.1, 0.15) is 0 Å². The van der Waals surface area contributed by atoms with E-state index in [1.807, 2.05) is 19.1 Å². The Morgan fingerprint density at radius 1 is 1.43 bits per heavy atom. The molecule has 14 heavy (non-hydrogen) atoms. The first kappa shape index (κ1) is 11.3. The zero-order chi connectivity index (χ0) is 10.7. The highest BCUT2D eigenvalue weighted by atomic mass is 35.5. The molecular weight excluding hydrogens is 196 g/mol. The Hall–Kier alpha value is -0.820. The standard InChI is InChI=1S/C12H15ClO/c1-4-10-5-8(2)6-11(7-10)12(14)9(3)13/h5-7,9H,4H2,1-3H3. The Morgan fingerprint density at radius 3 is 2.57 bits per heavy atom. The molecule has 0 radical (unpaired) electrons. The van der Waals surface area contributed by atoms with Crippen LogP contribution in [0.4, 0.5) is 0 Å². The lowest BCUT2D eigenvalue weighted by atomic mass is 10.0. The minimum atomic E-state index is -0.443. The lowest BCUT2D eigenvalue weighted by molar-refractivity contribution is 0.0991. The van der Waals surface area contributed by atoms with E-state index in [2.05, 4.69) is 13.0 Å². The molecule has 0 heterocycles. The van der Waals surface area contributed by atoms with Crippen LogP contribution in [0.1, 0.15) is 35.3 Å². The summed E-state index contributed by atoms with van der Waals surface area (Å²) >= 11 is 5.76. The number of benzene rings is 1. The molecule has 0 saturated carbocycles. The molecule has 0 N–H and O–H groups in total. The monoisotopic (exact) mass is 210 g/mol. The van der Waals surface area contributed by atoms with Gasteiger partial charge in [-0.3, -0.25) is 4.79 Å². The molecule has 0 aliphatic rings. The fourth-order valence-electron chi connectivity index (χ4n) is 1.44. The minimum Gasteiger partial charge on any atom is -0.293 e. The second kappa shape index (κ2) is 4.61. The van der Waals surface area contributed by atoms with Crippen LogP contribution in [0, 0.1) is 6.92 Å². The van der Waals surface area contributed by atoms with Crippen molar-refractivity contribution >= 4 is 17.4 Å². The van der Waals surface area contributed by atoms with Crippen LogP contribution in [-0.2, 0) is 6.42 Å². The number of hydrogen-bond acceptors (Lipinski definition) is 1. The van der Waals surface area contributed by atoms with Crippen LogP contribution in [-0.4, -0.2) is 11.2 Å². The Bertz CT molecular complexity index is 342. The van der Waals surface area contributed by atoms with Crippen LogP contribution in [0.5, 0.6) is 0 Å². The third-order valence-electron chi connectivity index (χ3n) is 2.19. The van der Waals surface area contributed by atoms with Gasteiger partial charge in [0.05, 0.1) is 5.38 Å². The maximum atomic E-state index is 11.6. The molecule has 1 aromatic carbocycles. The molecule has 0 aliphatic heterocycles. The van der Waals surface area contributed by atoms with Crippen molar-refractivity contribution < 1.29 is 4.79 Å². The second-order valence-corrected chi connectivity index (χ2v) is 4.20. The second-order valence-electron chi connectivity index (χ2n) is 3.54. The van der Waals surface area contributed by atoms with Crippen LogP contribution in [0.2, 0.25) is 0 Å². The van der Waals surface area contributed by atoms with E-state index in [0.717, 1.165) is 17.5 Å².